The Kier molecular flexibility index (Phi) is 8.78. The zero-order chi connectivity index (χ0) is 28.5. The zero-order valence-electron chi connectivity index (χ0n) is 21.8. The van der Waals surface area contributed by atoms with Gasteiger partial charge in [-0.2, -0.15) is 5.10 Å². The second kappa shape index (κ2) is 12.8. The zero-order valence-corrected chi connectivity index (χ0v) is 21.8. The number of aryl methyl sites for hydroxylation is 2. The summed E-state index contributed by atoms with van der Waals surface area (Å²) in [4.78, 5) is 49.7. The summed E-state index contributed by atoms with van der Waals surface area (Å²) in [6.45, 7) is 3.87. The molecule has 4 aromatic carbocycles. The SMILES string of the molecule is Cc1ccc(NC(=O)c2ccccc2NC(=O)C(=O)NN=Cc2ccc(OC(=O)c3ccc(C)cc3)cc2)cc1. The molecule has 0 atom stereocenters. The fourth-order valence-corrected chi connectivity index (χ4v) is 3.50. The van der Waals surface area contributed by atoms with Crippen LogP contribution in [0.25, 0.3) is 0 Å². The molecule has 4 rings (SSSR count). The normalized spacial score (nSPS) is 10.6. The first kappa shape index (κ1) is 27.5. The minimum absolute atomic E-state index is 0.173. The number of rotatable bonds is 7. The van der Waals surface area contributed by atoms with Crippen molar-refractivity contribution < 1.29 is 23.9 Å². The third-order valence-electron chi connectivity index (χ3n) is 5.69. The van der Waals surface area contributed by atoms with Crippen molar-refractivity contribution in [2.45, 2.75) is 13.8 Å². The van der Waals surface area contributed by atoms with Gasteiger partial charge in [0.05, 0.1) is 23.0 Å². The van der Waals surface area contributed by atoms with E-state index in [4.69, 9.17) is 4.74 Å². The summed E-state index contributed by atoms with van der Waals surface area (Å²) >= 11 is 0. The summed E-state index contributed by atoms with van der Waals surface area (Å²) in [7, 11) is 0. The average Bonchev–Trinajstić information content (AvgIpc) is 2.95. The van der Waals surface area contributed by atoms with Crippen LogP contribution in [0.5, 0.6) is 5.75 Å². The molecule has 0 aliphatic rings. The number of hydrogen-bond acceptors (Lipinski definition) is 6. The molecule has 0 aliphatic heterocycles. The maximum absolute atomic E-state index is 12.8. The fourth-order valence-electron chi connectivity index (χ4n) is 3.50. The number of anilines is 2. The summed E-state index contributed by atoms with van der Waals surface area (Å²) in [6, 6.07) is 27.1. The molecule has 200 valence electrons. The molecular formula is C31H26N4O5. The summed E-state index contributed by atoms with van der Waals surface area (Å²) in [5.41, 5.74) is 6.23. The van der Waals surface area contributed by atoms with Crippen molar-refractivity contribution in [2.24, 2.45) is 5.10 Å². The number of nitrogens with one attached hydrogen (secondary N) is 3. The highest BCUT2D eigenvalue weighted by atomic mass is 16.5. The van der Waals surface area contributed by atoms with Crippen LogP contribution in [-0.4, -0.2) is 29.9 Å². The van der Waals surface area contributed by atoms with Gasteiger partial charge in [-0.1, -0.05) is 47.5 Å². The van der Waals surface area contributed by atoms with Gasteiger partial charge in [-0.05, 0) is 80.1 Å². The van der Waals surface area contributed by atoms with Gasteiger partial charge in [0.2, 0.25) is 0 Å². The highest BCUT2D eigenvalue weighted by Gasteiger charge is 2.18. The number of amides is 3. The van der Waals surface area contributed by atoms with Gasteiger partial charge in [0.1, 0.15) is 5.75 Å². The van der Waals surface area contributed by atoms with Gasteiger partial charge >= 0.3 is 17.8 Å². The minimum Gasteiger partial charge on any atom is -0.423 e. The number of hydrogen-bond donors (Lipinski definition) is 3. The van der Waals surface area contributed by atoms with E-state index in [0.29, 0.717) is 22.6 Å². The van der Waals surface area contributed by atoms with E-state index in [2.05, 4.69) is 21.2 Å². The van der Waals surface area contributed by atoms with E-state index in [1.165, 1.54) is 18.3 Å². The van der Waals surface area contributed by atoms with Crippen LogP contribution in [0.4, 0.5) is 11.4 Å². The van der Waals surface area contributed by atoms with Crippen molar-refractivity contribution in [1.82, 2.24) is 5.43 Å². The molecule has 3 amide bonds. The molecule has 0 aromatic heterocycles. The third-order valence-corrected chi connectivity index (χ3v) is 5.69. The number of esters is 1. The van der Waals surface area contributed by atoms with Gasteiger partial charge in [0.15, 0.2) is 0 Å². The highest BCUT2D eigenvalue weighted by Crippen LogP contribution is 2.18. The minimum atomic E-state index is -1.02. The molecule has 0 heterocycles. The molecule has 0 bridgehead atoms. The van der Waals surface area contributed by atoms with E-state index < -0.39 is 23.7 Å². The van der Waals surface area contributed by atoms with E-state index in [9.17, 15) is 19.2 Å². The van der Waals surface area contributed by atoms with Crippen LogP contribution in [0.2, 0.25) is 0 Å². The van der Waals surface area contributed by atoms with Crippen LogP contribution in [0.3, 0.4) is 0 Å². The number of benzene rings is 4. The maximum atomic E-state index is 12.8. The summed E-state index contributed by atoms with van der Waals surface area (Å²) < 4.78 is 5.36. The number of para-hydroxylation sites is 1. The van der Waals surface area contributed by atoms with Gasteiger partial charge in [0.25, 0.3) is 5.91 Å². The number of carbonyl (C=O) groups excluding carboxylic acids is 4. The molecule has 4 aromatic rings. The smallest absolute Gasteiger partial charge is 0.343 e. The summed E-state index contributed by atoms with van der Waals surface area (Å²) in [6.07, 6.45) is 1.33. The second-order valence-electron chi connectivity index (χ2n) is 8.84. The van der Waals surface area contributed by atoms with Crippen LogP contribution in [0, 0.1) is 13.8 Å². The molecule has 9 nitrogen and oxygen atoms in total. The molecule has 40 heavy (non-hydrogen) atoms. The van der Waals surface area contributed by atoms with Crippen LogP contribution in [0.1, 0.15) is 37.4 Å². The monoisotopic (exact) mass is 534 g/mol. The van der Waals surface area contributed by atoms with E-state index in [1.54, 1.807) is 60.7 Å². The Bertz CT molecular complexity index is 1560. The predicted molar refractivity (Wildman–Crippen MR) is 153 cm³/mol. The van der Waals surface area contributed by atoms with Crippen molar-refractivity contribution in [3.8, 4) is 5.75 Å². The van der Waals surface area contributed by atoms with Crippen molar-refractivity contribution in [3.63, 3.8) is 0 Å². The molecule has 0 saturated heterocycles. The van der Waals surface area contributed by atoms with E-state index in [1.807, 2.05) is 38.1 Å². The molecule has 0 spiro atoms. The number of ether oxygens (including phenoxy) is 1. The molecule has 9 heteroatoms. The maximum Gasteiger partial charge on any atom is 0.343 e. The molecular weight excluding hydrogens is 508 g/mol. The topological polar surface area (TPSA) is 126 Å². The number of nitrogens with zero attached hydrogens (tertiary/aromatic N) is 1. The lowest BCUT2D eigenvalue weighted by molar-refractivity contribution is -0.136. The van der Waals surface area contributed by atoms with Gasteiger partial charge in [0, 0.05) is 5.69 Å². The van der Waals surface area contributed by atoms with Crippen LogP contribution in [-0.2, 0) is 9.59 Å². The third kappa shape index (κ3) is 7.48. The number of hydrazone groups is 1. The first-order valence-electron chi connectivity index (χ1n) is 12.3. The van der Waals surface area contributed by atoms with Crippen molar-refractivity contribution >= 4 is 41.3 Å². The largest absolute Gasteiger partial charge is 0.423 e. The van der Waals surface area contributed by atoms with Gasteiger partial charge in [-0.25, -0.2) is 10.2 Å². The summed E-state index contributed by atoms with van der Waals surface area (Å²) in [5, 5.41) is 9.00. The Morgan fingerprint density at radius 2 is 1.32 bits per heavy atom. The number of carbonyl (C=O) groups is 4. The molecule has 0 saturated carbocycles. The van der Waals surface area contributed by atoms with Crippen LogP contribution >= 0.6 is 0 Å². The van der Waals surface area contributed by atoms with Crippen molar-refractivity contribution in [3.05, 3.63) is 125 Å². The van der Waals surface area contributed by atoms with Gasteiger partial charge in [-0.3, -0.25) is 14.4 Å². The first-order chi connectivity index (χ1) is 19.3. The lowest BCUT2D eigenvalue weighted by Crippen LogP contribution is -2.33. The Morgan fingerprint density at radius 3 is 2.00 bits per heavy atom. The van der Waals surface area contributed by atoms with Crippen LogP contribution in [0.15, 0.2) is 102 Å². The lowest BCUT2D eigenvalue weighted by atomic mass is 10.1. The van der Waals surface area contributed by atoms with E-state index >= 15 is 0 Å². The van der Waals surface area contributed by atoms with Gasteiger partial charge in [-0.15, -0.1) is 0 Å². The van der Waals surface area contributed by atoms with Crippen molar-refractivity contribution in [2.75, 3.05) is 10.6 Å². The Balaban J connectivity index is 1.30. The Morgan fingerprint density at radius 1 is 0.700 bits per heavy atom. The van der Waals surface area contributed by atoms with Gasteiger partial charge < -0.3 is 15.4 Å². The Hall–Kier alpha value is -5.57. The standard InChI is InChI=1S/C31H26N4O5/c1-20-7-13-23(14-8-20)31(39)40-25-17-11-22(12-18-25)19-32-35-30(38)29(37)34-27-6-4-3-5-26(27)28(36)33-24-15-9-21(2)10-16-24/h3-19H,1-2H3,(H,33,36)(H,34,37)(H,35,38). The van der Waals surface area contributed by atoms with E-state index in [-0.39, 0.29) is 11.3 Å². The molecule has 0 fully saturated rings. The lowest BCUT2D eigenvalue weighted by Gasteiger charge is -2.11. The van der Waals surface area contributed by atoms with Crippen molar-refractivity contribution in [1.29, 1.82) is 0 Å². The Labute approximate surface area is 230 Å². The molecule has 0 radical (unpaired) electrons. The quantitative estimate of drug-likeness (QED) is 0.103. The predicted octanol–water partition coefficient (Wildman–Crippen LogP) is 4.86. The van der Waals surface area contributed by atoms with E-state index in [0.717, 1.165) is 11.1 Å². The highest BCUT2D eigenvalue weighted by molar-refractivity contribution is 6.40. The first-order valence-corrected chi connectivity index (χ1v) is 12.3. The average molecular weight is 535 g/mol. The van der Waals surface area contributed by atoms with Crippen LogP contribution < -0.4 is 20.8 Å². The second-order valence-corrected chi connectivity index (χ2v) is 8.84. The molecule has 0 aliphatic carbocycles. The summed E-state index contributed by atoms with van der Waals surface area (Å²) in [5.74, 6) is -2.59. The molecule has 0 unspecified atom stereocenters. The molecule has 3 N–H and O–H groups in total. The fraction of sp³-hybridized carbons (Fsp3) is 0.0645.